The molecule has 0 saturated heterocycles. The van der Waals surface area contributed by atoms with Gasteiger partial charge < -0.3 is 25.0 Å². The first-order chi connectivity index (χ1) is 19.3. The summed E-state index contributed by atoms with van der Waals surface area (Å²) in [5.74, 6) is 1.45. The molecule has 0 radical (unpaired) electrons. The summed E-state index contributed by atoms with van der Waals surface area (Å²) in [5.41, 5.74) is 2.75. The molecule has 4 aromatic rings. The molecular weight excluding hydrogens is 528 g/mol. The fraction of sp³-hybridized carbons (Fsp3) is 0.226. The van der Waals surface area contributed by atoms with Gasteiger partial charge in [-0.15, -0.1) is 0 Å². The van der Waals surface area contributed by atoms with Crippen LogP contribution in [0.1, 0.15) is 35.1 Å². The van der Waals surface area contributed by atoms with E-state index >= 15 is 0 Å². The second kappa shape index (κ2) is 13.3. The van der Waals surface area contributed by atoms with Gasteiger partial charge in [0.25, 0.3) is 10.0 Å². The van der Waals surface area contributed by atoms with E-state index in [9.17, 15) is 18.6 Å². The molecule has 1 atom stereocenters. The summed E-state index contributed by atoms with van der Waals surface area (Å²) in [4.78, 5) is 0.0743. The lowest BCUT2D eigenvalue weighted by Crippen LogP contribution is -2.24. The Kier molecular flexibility index (Phi) is 9.65. The number of phenolic OH excluding ortho intramolecular Hbond substituents is 1. The highest BCUT2D eigenvalue weighted by atomic mass is 32.2. The van der Waals surface area contributed by atoms with Crippen LogP contribution in [0.25, 0.3) is 0 Å². The Bertz CT molecular complexity index is 1430. The van der Waals surface area contributed by atoms with Gasteiger partial charge in [-0.3, -0.25) is 4.72 Å². The van der Waals surface area contributed by atoms with Crippen LogP contribution in [0.15, 0.2) is 102 Å². The molecule has 0 fully saturated rings. The number of aromatic hydroxyl groups is 1. The molecule has 210 valence electrons. The zero-order chi connectivity index (χ0) is 28.5. The normalized spacial score (nSPS) is 12.2. The van der Waals surface area contributed by atoms with E-state index in [2.05, 4.69) is 34.3 Å². The Hall–Kier alpha value is -4.05. The monoisotopic (exact) mass is 562 g/mol. The van der Waals surface area contributed by atoms with Crippen LogP contribution in [0, 0.1) is 0 Å². The number of aliphatic hydroxyl groups excluding tert-OH is 1. The van der Waals surface area contributed by atoms with Crippen molar-refractivity contribution in [3.05, 3.63) is 114 Å². The topological polar surface area (TPSA) is 117 Å². The largest absolute Gasteiger partial charge is 0.506 e. The van der Waals surface area contributed by atoms with Crippen molar-refractivity contribution < 1.29 is 28.1 Å². The predicted octanol–water partition coefficient (Wildman–Crippen LogP) is 5.06. The first-order valence-corrected chi connectivity index (χ1v) is 14.4. The minimum atomic E-state index is -3.89. The number of sulfonamides is 1. The maximum atomic E-state index is 12.7. The highest BCUT2D eigenvalue weighted by Crippen LogP contribution is 2.31. The molecule has 0 aliphatic rings. The Labute approximate surface area is 235 Å². The Morgan fingerprint density at radius 3 is 1.88 bits per heavy atom. The fourth-order valence-electron chi connectivity index (χ4n) is 4.45. The van der Waals surface area contributed by atoms with Gasteiger partial charge in [-0.2, -0.15) is 0 Å². The highest BCUT2D eigenvalue weighted by Gasteiger charge is 2.18. The standard InChI is InChI=1S/C31H34N2O6S/c1-38-25-13-8-22(9-14-25)28(23-10-15-26(39-2)16-11-23)18-19-32-21-31(35)24-12-17-30(34)29(20-24)33-40(36,37)27-6-4-3-5-7-27/h3-17,20,28,31-35H,18-19,21H2,1-2H3. The van der Waals surface area contributed by atoms with Crippen molar-refractivity contribution >= 4 is 15.7 Å². The summed E-state index contributed by atoms with van der Waals surface area (Å²) in [7, 11) is -0.615. The van der Waals surface area contributed by atoms with Crippen LogP contribution in [-0.4, -0.2) is 45.9 Å². The van der Waals surface area contributed by atoms with E-state index in [0.717, 1.165) is 29.0 Å². The Balaban J connectivity index is 1.40. The number of nitrogens with one attached hydrogen (secondary N) is 2. The van der Waals surface area contributed by atoms with E-state index in [1.54, 1.807) is 38.5 Å². The molecule has 0 spiro atoms. The molecule has 40 heavy (non-hydrogen) atoms. The van der Waals surface area contributed by atoms with Gasteiger partial charge in [-0.25, -0.2) is 8.42 Å². The Morgan fingerprint density at radius 1 is 0.775 bits per heavy atom. The highest BCUT2D eigenvalue weighted by molar-refractivity contribution is 7.92. The maximum absolute atomic E-state index is 12.7. The van der Waals surface area contributed by atoms with Crippen LogP contribution >= 0.6 is 0 Å². The molecule has 4 rings (SSSR count). The van der Waals surface area contributed by atoms with Gasteiger partial charge in [-0.1, -0.05) is 48.5 Å². The molecule has 9 heteroatoms. The number of hydrogen-bond donors (Lipinski definition) is 4. The molecule has 0 aromatic heterocycles. The Morgan fingerprint density at radius 2 is 1.32 bits per heavy atom. The average Bonchev–Trinajstić information content (AvgIpc) is 2.99. The second-order valence-electron chi connectivity index (χ2n) is 9.30. The lowest BCUT2D eigenvalue weighted by Gasteiger charge is -2.20. The van der Waals surface area contributed by atoms with Crippen LogP contribution in [0.3, 0.4) is 0 Å². The molecule has 1 unspecified atom stereocenters. The van der Waals surface area contributed by atoms with Gasteiger partial charge in [0, 0.05) is 12.5 Å². The van der Waals surface area contributed by atoms with Crippen molar-refractivity contribution in [2.24, 2.45) is 0 Å². The second-order valence-corrected chi connectivity index (χ2v) is 11.0. The number of hydrogen-bond acceptors (Lipinski definition) is 7. The van der Waals surface area contributed by atoms with Crippen LogP contribution in [0.4, 0.5) is 5.69 Å². The summed E-state index contributed by atoms with van der Waals surface area (Å²) in [5, 5.41) is 24.4. The molecule has 0 aliphatic carbocycles. The SMILES string of the molecule is COc1ccc(C(CCNCC(O)c2ccc(O)c(NS(=O)(=O)c3ccccc3)c2)c2ccc(OC)cc2)cc1. The van der Waals surface area contributed by atoms with Crippen LogP contribution in [-0.2, 0) is 10.0 Å². The van der Waals surface area contributed by atoms with Crippen LogP contribution < -0.4 is 19.5 Å². The van der Waals surface area contributed by atoms with Crippen LogP contribution in [0.5, 0.6) is 17.2 Å². The molecule has 0 heterocycles. The van der Waals surface area contributed by atoms with E-state index in [4.69, 9.17) is 9.47 Å². The number of anilines is 1. The zero-order valence-corrected chi connectivity index (χ0v) is 23.3. The predicted molar refractivity (Wildman–Crippen MR) is 156 cm³/mol. The number of benzene rings is 4. The van der Waals surface area contributed by atoms with Gasteiger partial charge >= 0.3 is 0 Å². The lowest BCUT2D eigenvalue weighted by atomic mass is 9.88. The van der Waals surface area contributed by atoms with Crippen molar-refractivity contribution in [1.29, 1.82) is 0 Å². The van der Waals surface area contributed by atoms with E-state index in [0.29, 0.717) is 12.1 Å². The minimum absolute atomic E-state index is 0.000483. The molecule has 0 amide bonds. The van der Waals surface area contributed by atoms with Gasteiger partial charge in [-0.05, 0) is 78.2 Å². The van der Waals surface area contributed by atoms with Crippen molar-refractivity contribution in [2.45, 2.75) is 23.3 Å². The third-order valence-corrected chi connectivity index (χ3v) is 8.07. The molecule has 4 N–H and O–H groups in total. The number of methoxy groups -OCH3 is 2. The van der Waals surface area contributed by atoms with E-state index < -0.39 is 16.1 Å². The van der Waals surface area contributed by atoms with Crippen molar-refractivity contribution in [3.8, 4) is 17.2 Å². The molecule has 0 bridgehead atoms. The molecular formula is C31H34N2O6S. The quantitative estimate of drug-likeness (QED) is 0.133. The molecule has 8 nitrogen and oxygen atoms in total. The minimum Gasteiger partial charge on any atom is -0.506 e. The van der Waals surface area contributed by atoms with E-state index in [1.165, 1.54) is 24.3 Å². The smallest absolute Gasteiger partial charge is 0.262 e. The first kappa shape index (κ1) is 28.9. The summed E-state index contributed by atoms with van der Waals surface area (Å²) in [6, 6.07) is 28.2. The van der Waals surface area contributed by atoms with Gasteiger partial charge in [0.05, 0.1) is 30.9 Å². The third-order valence-electron chi connectivity index (χ3n) is 6.69. The number of rotatable bonds is 13. The summed E-state index contributed by atoms with van der Waals surface area (Å²) < 4.78 is 38.4. The number of aliphatic hydroxyl groups is 1. The first-order valence-electron chi connectivity index (χ1n) is 12.9. The van der Waals surface area contributed by atoms with Gasteiger partial charge in [0.15, 0.2) is 0 Å². The summed E-state index contributed by atoms with van der Waals surface area (Å²) >= 11 is 0. The number of ether oxygens (including phenoxy) is 2. The van der Waals surface area contributed by atoms with Gasteiger partial charge in [0.2, 0.25) is 0 Å². The zero-order valence-electron chi connectivity index (χ0n) is 22.4. The van der Waals surface area contributed by atoms with Crippen molar-refractivity contribution in [1.82, 2.24) is 5.32 Å². The van der Waals surface area contributed by atoms with Crippen LogP contribution in [0.2, 0.25) is 0 Å². The molecule has 4 aromatic carbocycles. The number of phenols is 1. The van der Waals surface area contributed by atoms with E-state index in [-0.39, 0.29) is 28.8 Å². The third kappa shape index (κ3) is 7.32. The van der Waals surface area contributed by atoms with Crippen molar-refractivity contribution in [3.63, 3.8) is 0 Å². The summed E-state index contributed by atoms with van der Waals surface area (Å²) in [6.07, 6.45) is -0.149. The fourth-order valence-corrected chi connectivity index (χ4v) is 5.53. The van der Waals surface area contributed by atoms with Crippen molar-refractivity contribution in [2.75, 3.05) is 32.0 Å². The average molecular weight is 563 g/mol. The van der Waals surface area contributed by atoms with E-state index in [1.807, 2.05) is 24.3 Å². The molecule has 0 aliphatic heterocycles. The lowest BCUT2D eigenvalue weighted by molar-refractivity contribution is 0.174. The molecule has 0 saturated carbocycles. The van der Waals surface area contributed by atoms with Gasteiger partial charge in [0.1, 0.15) is 17.2 Å². The summed E-state index contributed by atoms with van der Waals surface area (Å²) in [6.45, 7) is 0.860. The maximum Gasteiger partial charge on any atom is 0.262 e.